The zero-order valence-corrected chi connectivity index (χ0v) is 12.2. The van der Waals surface area contributed by atoms with Gasteiger partial charge in [-0.15, -0.1) is 0 Å². The van der Waals surface area contributed by atoms with Crippen LogP contribution in [0.2, 0.25) is 0 Å². The average molecular weight is 263 g/mol. The maximum Gasteiger partial charge on any atom is 0.0704 e. The quantitative estimate of drug-likeness (QED) is 0.630. The number of aryl methyl sites for hydroxylation is 2. The summed E-state index contributed by atoms with van der Waals surface area (Å²) in [6, 6.07) is 20.8. The Kier molecular flexibility index (Phi) is 5.31. The highest BCUT2D eigenvalue weighted by molar-refractivity contribution is 5.81. The van der Waals surface area contributed by atoms with Crippen molar-refractivity contribution in [3.8, 4) is 0 Å². The van der Waals surface area contributed by atoms with E-state index >= 15 is 0 Å². The van der Waals surface area contributed by atoms with Gasteiger partial charge in [0, 0.05) is 11.6 Å². The Hall–Kier alpha value is -2.15. The van der Waals surface area contributed by atoms with Crippen molar-refractivity contribution in [2.75, 3.05) is 0 Å². The normalized spacial score (nSPS) is 9.90. The molecular formula is C19H21N. The second-order valence-electron chi connectivity index (χ2n) is 4.68. The van der Waals surface area contributed by atoms with Gasteiger partial charge in [-0.1, -0.05) is 62.4 Å². The van der Waals surface area contributed by atoms with Crippen LogP contribution in [0.1, 0.15) is 25.0 Å². The van der Waals surface area contributed by atoms with Crippen LogP contribution in [0, 0.1) is 0 Å². The minimum absolute atomic E-state index is 1.07. The molecule has 0 aliphatic heterocycles. The van der Waals surface area contributed by atoms with E-state index in [0.29, 0.717) is 0 Å². The second-order valence-corrected chi connectivity index (χ2v) is 4.68. The molecule has 1 nitrogen and oxygen atoms in total. The highest BCUT2D eigenvalue weighted by Crippen LogP contribution is 2.15. The molecule has 0 bridgehead atoms. The molecule has 0 fully saturated rings. The number of nitrogens with zero attached hydrogens (tertiary/aromatic N) is 1. The fourth-order valence-corrected chi connectivity index (χ4v) is 2.18. The summed E-state index contributed by atoms with van der Waals surface area (Å²) >= 11 is 0. The number of aromatic nitrogens is 1. The van der Waals surface area contributed by atoms with Gasteiger partial charge in [-0.2, -0.15) is 0 Å². The van der Waals surface area contributed by atoms with Gasteiger partial charge in [0.1, 0.15) is 0 Å². The fourth-order valence-electron chi connectivity index (χ4n) is 2.18. The molecule has 3 rings (SSSR count). The molecule has 0 N–H and O–H groups in total. The van der Waals surface area contributed by atoms with E-state index < -0.39 is 0 Å². The zero-order valence-electron chi connectivity index (χ0n) is 12.2. The standard InChI is InChI=1S/C11H11N.C8H10/c1-2-9-7-8-12-11-6-4-3-5-10(9)11;1-2-8-6-4-3-5-7-8/h3-8H,2H2,1H3;3-7H,2H2,1H3. The maximum absolute atomic E-state index is 4.29. The largest absolute Gasteiger partial charge is 0.256 e. The minimum Gasteiger partial charge on any atom is -0.256 e. The summed E-state index contributed by atoms with van der Waals surface area (Å²) < 4.78 is 0. The molecule has 0 atom stereocenters. The molecule has 1 heteroatoms. The Morgan fingerprint density at radius 2 is 1.45 bits per heavy atom. The third-order valence-electron chi connectivity index (χ3n) is 3.37. The summed E-state index contributed by atoms with van der Waals surface area (Å²) in [5.74, 6) is 0. The Labute approximate surface area is 121 Å². The fraction of sp³-hybridized carbons (Fsp3) is 0.211. The summed E-state index contributed by atoms with van der Waals surface area (Å²) in [7, 11) is 0. The minimum atomic E-state index is 1.07. The lowest BCUT2D eigenvalue weighted by Gasteiger charge is -2.01. The van der Waals surface area contributed by atoms with Crippen LogP contribution in [0.15, 0.2) is 66.9 Å². The first kappa shape index (κ1) is 14.3. The van der Waals surface area contributed by atoms with E-state index in [1.54, 1.807) is 0 Å². The molecule has 1 heterocycles. The predicted octanol–water partition coefficient (Wildman–Crippen LogP) is 5.05. The smallest absolute Gasteiger partial charge is 0.0704 e. The van der Waals surface area contributed by atoms with Crippen LogP contribution in [0.5, 0.6) is 0 Å². The van der Waals surface area contributed by atoms with Gasteiger partial charge in [0.2, 0.25) is 0 Å². The first-order valence-corrected chi connectivity index (χ1v) is 7.21. The second kappa shape index (κ2) is 7.44. The number of hydrogen-bond acceptors (Lipinski definition) is 1. The molecular weight excluding hydrogens is 242 g/mol. The monoisotopic (exact) mass is 263 g/mol. The SMILES string of the molecule is CCc1ccccc1.CCc1ccnc2ccccc12. The Balaban J connectivity index is 0.000000160. The summed E-state index contributed by atoms with van der Waals surface area (Å²) in [4.78, 5) is 4.29. The summed E-state index contributed by atoms with van der Waals surface area (Å²) in [5, 5.41) is 1.28. The van der Waals surface area contributed by atoms with Crippen molar-refractivity contribution >= 4 is 10.9 Å². The van der Waals surface area contributed by atoms with Crippen LogP contribution in [-0.2, 0) is 12.8 Å². The first-order valence-electron chi connectivity index (χ1n) is 7.21. The van der Waals surface area contributed by atoms with Crippen molar-refractivity contribution in [3.63, 3.8) is 0 Å². The molecule has 0 spiro atoms. The molecule has 20 heavy (non-hydrogen) atoms. The lowest BCUT2D eigenvalue weighted by Crippen LogP contribution is -1.84. The molecule has 3 aromatic rings. The van der Waals surface area contributed by atoms with Gasteiger partial charge in [0.25, 0.3) is 0 Å². The van der Waals surface area contributed by atoms with Crippen molar-refractivity contribution in [2.45, 2.75) is 26.7 Å². The van der Waals surface area contributed by atoms with Gasteiger partial charge in [0.15, 0.2) is 0 Å². The topological polar surface area (TPSA) is 12.9 Å². The third-order valence-corrected chi connectivity index (χ3v) is 3.37. The first-order chi connectivity index (χ1) is 9.85. The number of para-hydroxylation sites is 1. The van der Waals surface area contributed by atoms with Crippen molar-refractivity contribution < 1.29 is 0 Å². The van der Waals surface area contributed by atoms with Gasteiger partial charge < -0.3 is 0 Å². The van der Waals surface area contributed by atoms with Crippen LogP contribution in [0.4, 0.5) is 0 Å². The van der Waals surface area contributed by atoms with Crippen LogP contribution < -0.4 is 0 Å². The van der Waals surface area contributed by atoms with E-state index in [2.05, 4.69) is 67.4 Å². The van der Waals surface area contributed by atoms with Gasteiger partial charge in [-0.25, -0.2) is 0 Å². The molecule has 0 aliphatic carbocycles. The molecule has 0 unspecified atom stereocenters. The lowest BCUT2D eigenvalue weighted by atomic mass is 10.1. The summed E-state index contributed by atoms with van der Waals surface area (Å²) in [6.45, 7) is 4.33. The van der Waals surface area contributed by atoms with Crippen molar-refractivity contribution in [1.82, 2.24) is 4.98 Å². The Morgan fingerprint density at radius 3 is 2.10 bits per heavy atom. The van der Waals surface area contributed by atoms with Crippen LogP contribution in [0.3, 0.4) is 0 Å². The van der Waals surface area contributed by atoms with Crippen molar-refractivity contribution in [3.05, 3.63) is 78.0 Å². The van der Waals surface area contributed by atoms with E-state index in [1.807, 2.05) is 18.3 Å². The molecule has 0 aliphatic rings. The molecule has 0 saturated carbocycles. The number of benzene rings is 2. The van der Waals surface area contributed by atoms with Gasteiger partial charge >= 0.3 is 0 Å². The maximum atomic E-state index is 4.29. The summed E-state index contributed by atoms with van der Waals surface area (Å²) in [6.07, 6.45) is 4.09. The lowest BCUT2D eigenvalue weighted by molar-refractivity contribution is 1.14. The molecule has 1 aromatic heterocycles. The number of hydrogen-bond donors (Lipinski definition) is 0. The number of fused-ring (bicyclic) bond motifs is 1. The molecule has 0 radical (unpaired) electrons. The van der Waals surface area contributed by atoms with Crippen LogP contribution >= 0.6 is 0 Å². The summed E-state index contributed by atoms with van der Waals surface area (Å²) in [5.41, 5.74) is 3.88. The van der Waals surface area contributed by atoms with E-state index in [0.717, 1.165) is 18.4 Å². The average Bonchev–Trinajstić information content (AvgIpc) is 2.55. The van der Waals surface area contributed by atoms with Gasteiger partial charge in [-0.3, -0.25) is 4.98 Å². The van der Waals surface area contributed by atoms with E-state index in [-0.39, 0.29) is 0 Å². The zero-order chi connectivity index (χ0) is 14.2. The number of pyridine rings is 1. The molecule has 102 valence electrons. The number of rotatable bonds is 2. The van der Waals surface area contributed by atoms with Gasteiger partial charge in [0.05, 0.1) is 5.52 Å². The van der Waals surface area contributed by atoms with Gasteiger partial charge in [-0.05, 0) is 36.1 Å². The third kappa shape index (κ3) is 3.67. The van der Waals surface area contributed by atoms with Crippen LogP contribution in [0.25, 0.3) is 10.9 Å². The van der Waals surface area contributed by atoms with Crippen molar-refractivity contribution in [1.29, 1.82) is 0 Å². The highest BCUT2D eigenvalue weighted by Gasteiger charge is 1.96. The van der Waals surface area contributed by atoms with Crippen molar-refractivity contribution in [2.24, 2.45) is 0 Å². The predicted molar refractivity (Wildman–Crippen MR) is 86.9 cm³/mol. The molecule has 0 saturated heterocycles. The molecule has 0 amide bonds. The Morgan fingerprint density at radius 1 is 0.750 bits per heavy atom. The van der Waals surface area contributed by atoms with E-state index in [9.17, 15) is 0 Å². The van der Waals surface area contributed by atoms with Crippen LogP contribution in [-0.4, -0.2) is 4.98 Å². The van der Waals surface area contributed by atoms with E-state index in [4.69, 9.17) is 0 Å². The Bertz CT molecular complexity index is 639. The highest BCUT2D eigenvalue weighted by atomic mass is 14.6. The molecule has 2 aromatic carbocycles. The van der Waals surface area contributed by atoms with E-state index in [1.165, 1.54) is 16.5 Å².